The Bertz CT molecular complexity index is 613. The van der Waals surface area contributed by atoms with Gasteiger partial charge in [0, 0.05) is 5.69 Å². The maximum Gasteiger partial charge on any atom is 0.287 e. The van der Waals surface area contributed by atoms with E-state index in [1.807, 2.05) is 17.0 Å². The molecule has 0 aliphatic rings. The Morgan fingerprint density at radius 3 is 2.75 bits per heavy atom. The number of carbonyl (C=O) groups is 1. The molecule has 0 bridgehead atoms. The summed E-state index contributed by atoms with van der Waals surface area (Å²) in [6, 6.07) is 0. The Kier molecular flexibility index (Phi) is 4.14. The highest BCUT2D eigenvalue weighted by atomic mass is 16.2. The molecule has 3 N–H and O–H groups in total. The van der Waals surface area contributed by atoms with Crippen LogP contribution in [0.4, 0.5) is 0 Å². The Morgan fingerprint density at radius 1 is 1.40 bits per heavy atom. The molecule has 0 aliphatic heterocycles. The molecule has 0 saturated carbocycles. The van der Waals surface area contributed by atoms with E-state index in [1.165, 1.54) is 11.3 Å². The van der Waals surface area contributed by atoms with Gasteiger partial charge in [0.1, 0.15) is 0 Å². The van der Waals surface area contributed by atoms with Crippen LogP contribution in [0.5, 0.6) is 0 Å². The van der Waals surface area contributed by atoms with Crippen LogP contribution in [0.3, 0.4) is 0 Å². The first-order valence-electron chi connectivity index (χ1n) is 6.50. The Balaban J connectivity index is 2.05. The molecule has 0 atom stereocenters. The van der Waals surface area contributed by atoms with Gasteiger partial charge in [0.15, 0.2) is 5.69 Å². The van der Waals surface area contributed by atoms with E-state index in [0.717, 1.165) is 12.1 Å². The van der Waals surface area contributed by atoms with Crippen LogP contribution in [-0.2, 0) is 19.5 Å². The molecular weight excluding hydrogens is 258 g/mol. The average Bonchev–Trinajstić information content (AvgIpc) is 3.01. The summed E-state index contributed by atoms with van der Waals surface area (Å²) in [4.78, 5) is 11.3. The SMILES string of the molecule is CCc1c(C)nn(CCn2cc(C(=O)NN)nn2)c1C. The van der Waals surface area contributed by atoms with Gasteiger partial charge in [0.05, 0.1) is 25.0 Å². The lowest BCUT2D eigenvalue weighted by Gasteiger charge is -2.04. The van der Waals surface area contributed by atoms with Gasteiger partial charge in [-0.1, -0.05) is 12.1 Å². The van der Waals surface area contributed by atoms with Crippen molar-refractivity contribution in [3.63, 3.8) is 0 Å². The molecule has 0 radical (unpaired) electrons. The molecule has 1 amide bonds. The average molecular weight is 277 g/mol. The molecule has 0 aliphatic carbocycles. The van der Waals surface area contributed by atoms with E-state index < -0.39 is 5.91 Å². The Labute approximate surface area is 116 Å². The second-order valence-corrected chi connectivity index (χ2v) is 4.57. The van der Waals surface area contributed by atoms with Crippen molar-refractivity contribution in [3.8, 4) is 0 Å². The zero-order chi connectivity index (χ0) is 14.7. The highest BCUT2D eigenvalue weighted by Crippen LogP contribution is 2.13. The molecule has 8 heteroatoms. The summed E-state index contributed by atoms with van der Waals surface area (Å²) in [6.07, 6.45) is 2.54. The van der Waals surface area contributed by atoms with Crippen LogP contribution in [0.25, 0.3) is 0 Å². The second kappa shape index (κ2) is 5.83. The third-order valence-corrected chi connectivity index (χ3v) is 3.33. The summed E-state index contributed by atoms with van der Waals surface area (Å²) >= 11 is 0. The third-order valence-electron chi connectivity index (χ3n) is 3.33. The molecule has 0 saturated heterocycles. The largest absolute Gasteiger partial charge is 0.289 e. The lowest BCUT2D eigenvalue weighted by molar-refractivity contribution is 0.0948. The van der Waals surface area contributed by atoms with Crippen LogP contribution < -0.4 is 11.3 Å². The quantitative estimate of drug-likeness (QED) is 0.453. The molecule has 2 heterocycles. The van der Waals surface area contributed by atoms with E-state index in [0.29, 0.717) is 13.1 Å². The number of nitrogen functional groups attached to an aromatic ring is 1. The summed E-state index contributed by atoms with van der Waals surface area (Å²) in [7, 11) is 0. The number of nitrogens with zero attached hydrogens (tertiary/aromatic N) is 5. The maximum absolute atomic E-state index is 11.3. The minimum absolute atomic E-state index is 0.204. The van der Waals surface area contributed by atoms with Crippen LogP contribution >= 0.6 is 0 Å². The number of nitrogens with two attached hydrogens (primary N) is 1. The predicted octanol–water partition coefficient (Wildman–Crippen LogP) is -0.0425. The number of hydrazine groups is 1. The molecule has 8 nitrogen and oxygen atoms in total. The Morgan fingerprint density at radius 2 is 2.15 bits per heavy atom. The van der Waals surface area contributed by atoms with E-state index in [2.05, 4.69) is 29.3 Å². The molecule has 20 heavy (non-hydrogen) atoms. The summed E-state index contributed by atoms with van der Waals surface area (Å²) in [6.45, 7) is 7.47. The van der Waals surface area contributed by atoms with Crippen LogP contribution in [0.15, 0.2) is 6.20 Å². The predicted molar refractivity (Wildman–Crippen MR) is 72.8 cm³/mol. The van der Waals surface area contributed by atoms with Gasteiger partial charge in [-0.2, -0.15) is 5.10 Å². The fourth-order valence-electron chi connectivity index (χ4n) is 2.25. The van der Waals surface area contributed by atoms with Gasteiger partial charge in [-0.05, 0) is 25.8 Å². The fourth-order valence-corrected chi connectivity index (χ4v) is 2.25. The molecule has 108 valence electrons. The molecule has 2 aromatic rings. The number of hydrogen-bond acceptors (Lipinski definition) is 5. The lowest BCUT2D eigenvalue weighted by Crippen LogP contribution is -2.30. The third kappa shape index (κ3) is 2.69. The number of carbonyl (C=O) groups excluding carboxylic acids is 1. The number of amides is 1. The summed E-state index contributed by atoms with van der Waals surface area (Å²) in [5.41, 5.74) is 5.74. The van der Waals surface area contributed by atoms with Gasteiger partial charge in [-0.15, -0.1) is 5.10 Å². The minimum Gasteiger partial charge on any atom is -0.289 e. The van der Waals surface area contributed by atoms with Crippen molar-refractivity contribution in [3.05, 3.63) is 28.8 Å². The topological polar surface area (TPSA) is 104 Å². The second-order valence-electron chi connectivity index (χ2n) is 4.57. The zero-order valence-corrected chi connectivity index (χ0v) is 11.9. The molecule has 0 aromatic carbocycles. The number of rotatable bonds is 5. The summed E-state index contributed by atoms with van der Waals surface area (Å²) in [5.74, 6) is 4.59. The minimum atomic E-state index is -0.448. The van der Waals surface area contributed by atoms with Gasteiger partial charge in [0.25, 0.3) is 5.91 Å². The van der Waals surface area contributed by atoms with Gasteiger partial charge < -0.3 is 0 Å². The van der Waals surface area contributed by atoms with Crippen molar-refractivity contribution in [1.82, 2.24) is 30.2 Å². The number of nitrogens with one attached hydrogen (secondary N) is 1. The first kappa shape index (κ1) is 14.2. The smallest absolute Gasteiger partial charge is 0.287 e. The summed E-state index contributed by atoms with van der Waals surface area (Å²) < 4.78 is 3.56. The van der Waals surface area contributed by atoms with E-state index in [9.17, 15) is 4.79 Å². The van der Waals surface area contributed by atoms with Crippen LogP contribution in [-0.4, -0.2) is 30.7 Å². The molecular formula is C12H19N7O. The maximum atomic E-state index is 11.3. The highest BCUT2D eigenvalue weighted by molar-refractivity contribution is 5.91. The lowest BCUT2D eigenvalue weighted by atomic mass is 10.1. The highest BCUT2D eigenvalue weighted by Gasteiger charge is 2.11. The zero-order valence-electron chi connectivity index (χ0n) is 11.9. The normalized spacial score (nSPS) is 10.8. The van der Waals surface area contributed by atoms with Gasteiger partial charge >= 0.3 is 0 Å². The number of aromatic nitrogens is 5. The van der Waals surface area contributed by atoms with Crippen LogP contribution in [0.2, 0.25) is 0 Å². The van der Waals surface area contributed by atoms with E-state index in [4.69, 9.17) is 5.84 Å². The number of aryl methyl sites for hydroxylation is 3. The van der Waals surface area contributed by atoms with Crippen molar-refractivity contribution < 1.29 is 4.79 Å². The summed E-state index contributed by atoms with van der Waals surface area (Å²) in [5, 5.41) is 12.2. The van der Waals surface area contributed by atoms with E-state index in [-0.39, 0.29) is 5.69 Å². The van der Waals surface area contributed by atoms with Crippen LogP contribution in [0.1, 0.15) is 34.4 Å². The first-order chi connectivity index (χ1) is 9.56. The molecule has 0 fully saturated rings. The van der Waals surface area contributed by atoms with Gasteiger partial charge in [-0.3, -0.25) is 14.9 Å². The standard InChI is InChI=1S/C12H19N7O/c1-4-10-8(2)16-19(9(10)3)6-5-18-7-11(15-17-18)12(20)14-13/h7H,4-6,13H2,1-3H3,(H,14,20). The van der Waals surface area contributed by atoms with Crippen molar-refractivity contribution >= 4 is 5.91 Å². The molecule has 0 spiro atoms. The van der Waals surface area contributed by atoms with Crippen LogP contribution in [0, 0.1) is 13.8 Å². The van der Waals surface area contributed by atoms with Crippen molar-refractivity contribution in [2.24, 2.45) is 5.84 Å². The van der Waals surface area contributed by atoms with Crippen molar-refractivity contribution in [2.75, 3.05) is 0 Å². The van der Waals surface area contributed by atoms with E-state index >= 15 is 0 Å². The molecule has 2 aromatic heterocycles. The Hall–Kier alpha value is -2.22. The monoisotopic (exact) mass is 277 g/mol. The molecule has 2 rings (SSSR count). The number of hydrogen-bond donors (Lipinski definition) is 2. The van der Waals surface area contributed by atoms with Gasteiger partial charge in [0.2, 0.25) is 0 Å². The first-order valence-corrected chi connectivity index (χ1v) is 6.50. The molecule has 0 unspecified atom stereocenters. The van der Waals surface area contributed by atoms with Gasteiger partial charge in [-0.25, -0.2) is 10.5 Å². The van der Waals surface area contributed by atoms with E-state index in [1.54, 1.807) is 10.9 Å². The van der Waals surface area contributed by atoms with Crippen molar-refractivity contribution in [2.45, 2.75) is 40.3 Å². The fraction of sp³-hybridized carbons (Fsp3) is 0.500. The van der Waals surface area contributed by atoms with Crippen molar-refractivity contribution in [1.29, 1.82) is 0 Å².